The van der Waals surface area contributed by atoms with Gasteiger partial charge in [-0.25, -0.2) is 0 Å². The van der Waals surface area contributed by atoms with Gasteiger partial charge in [0.25, 0.3) is 0 Å². The van der Waals surface area contributed by atoms with Gasteiger partial charge in [-0.15, -0.1) is 0 Å². The smallest absolute Gasteiger partial charge is 0.160 e. The van der Waals surface area contributed by atoms with Crippen molar-refractivity contribution < 1.29 is 4.74 Å². The van der Waals surface area contributed by atoms with Crippen LogP contribution in [0.5, 0.6) is 5.75 Å². The maximum Gasteiger partial charge on any atom is 0.160 e. The number of hydrogen-bond donors (Lipinski definition) is 1. The zero-order chi connectivity index (χ0) is 10.8. The Bertz CT molecular complexity index is 345. The van der Waals surface area contributed by atoms with E-state index in [0.717, 1.165) is 23.0 Å². The quantitative estimate of drug-likeness (QED) is 0.825. The van der Waals surface area contributed by atoms with E-state index in [1.54, 1.807) is 13.3 Å². The zero-order valence-electron chi connectivity index (χ0n) is 9.58. The molecule has 0 spiro atoms. The monoisotopic (exact) mass is 206 g/mol. The average Bonchev–Trinajstić information content (AvgIpc) is 2.16. The molecule has 0 amide bonds. The number of nitrogens with one attached hydrogen (secondary N) is 1. The van der Waals surface area contributed by atoms with Crippen molar-refractivity contribution in [3.05, 3.63) is 18.0 Å². The molecule has 0 bridgehead atoms. The van der Waals surface area contributed by atoms with Gasteiger partial charge in [0.05, 0.1) is 19.0 Å². The van der Waals surface area contributed by atoms with Crippen LogP contribution in [0.25, 0.3) is 0 Å². The molecule has 1 aromatic rings. The van der Waals surface area contributed by atoms with E-state index in [0.29, 0.717) is 6.04 Å². The highest BCUT2D eigenvalue weighted by molar-refractivity contribution is 5.56. The lowest BCUT2D eigenvalue weighted by molar-refractivity contribution is 0.308. The zero-order valence-corrected chi connectivity index (χ0v) is 9.58. The molecule has 3 nitrogen and oxygen atoms in total. The van der Waals surface area contributed by atoms with Gasteiger partial charge in [0, 0.05) is 11.7 Å². The molecule has 1 aliphatic carbocycles. The van der Waals surface area contributed by atoms with Gasteiger partial charge in [0.1, 0.15) is 0 Å². The number of aromatic nitrogens is 1. The Morgan fingerprint density at radius 1 is 1.47 bits per heavy atom. The molecule has 0 aromatic carbocycles. The van der Waals surface area contributed by atoms with E-state index < -0.39 is 0 Å². The van der Waals surface area contributed by atoms with Crippen molar-refractivity contribution in [2.75, 3.05) is 12.4 Å². The SMILES string of the molecule is COc1cnc(C)cc1NC1CC(C)C1. The summed E-state index contributed by atoms with van der Waals surface area (Å²) in [5.41, 5.74) is 2.09. The van der Waals surface area contributed by atoms with Crippen LogP contribution in [0.4, 0.5) is 5.69 Å². The predicted octanol–water partition coefficient (Wildman–Crippen LogP) is 2.61. The van der Waals surface area contributed by atoms with Gasteiger partial charge < -0.3 is 10.1 Å². The lowest BCUT2D eigenvalue weighted by Crippen LogP contribution is -2.33. The van der Waals surface area contributed by atoms with Crippen molar-refractivity contribution in [1.29, 1.82) is 0 Å². The molecule has 2 rings (SSSR count). The lowest BCUT2D eigenvalue weighted by Gasteiger charge is -2.34. The Balaban J connectivity index is 2.08. The molecule has 15 heavy (non-hydrogen) atoms. The highest BCUT2D eigenvalue weighted by Gasteiger charge is 2.25. The van der Waals surface area contributed by atoms with E-state index in [9.17, 15) is 0 Å². The summed E-state index contributed by atoms with van der Waals surface area (Å²) >= 11 is 0. The van der Waals surface area contributed by atoms with Crippen LogP contribution >= 0.6 is 0 Å². The Morgan fingerprint density at radius 2 is 2.20 bits per heavy atom. The summed E-state index contributed by atoms with van der Waals surface area (Å²) in [5, 5.41) is 3.50. The fourth-order valence-electron chi connectivity index (χ4n) is 2.06. The minimum Gasteiger partial charge on any atom is -0.493 e. The van der Waals surface area contributed by atoms with Crippen LogP contribution in [0.15, 0.2) is 12.3 Å². The molecule has 0 unspecified atom stereocenters. The Labute approximate surface area is 90.9 Å². The number of methoxy groups -OCH3 is 1. The van der Waals surface area contributed by atoms with Crippen molar-refractivity contribution in [1.82, 2.24) is 4.98 Å². The van der Waals surface area contributed by atoms with E-state index in [2.05, 4.69) is 17.2 Å². The van der Waals surface area contributed by atoms with Crippen LogP contribution in [0.2, 0.25) is 0 Å². The minimum absolute atomic E-state index is 0.607. The van der Waals surface area contributed by atoms with Crippen LogP contribution in [0.3, 0.4) is 0 Å². The van der Waals surface area contributed by atoms with E-state index in [4.69, 9.17) is 4.74 Å². The molecule has 0 atom stereocenters. The van der Waals surface area contributed by atoms with E-state index in [1.807, 2.05) is 13.0 Å². The van der Waals surface area contributed by atoms with Gasteiger partial charge in [-0.2, -0.15) is 0 Å². The molecule has 0 radical (unpaired) electrons. The maximum absolute atomic E-state index is 5.27. The summed E-state index contributed by atoms with van der Waals surface area (Å²) in [4.78, 5) is 4.21. The summed E-state index contributed by atoms with van der Waals surface area (Å²) in [6, 6.07) is 2.65. The van der Waals surface area contributed by atoms with E-state index in [-0.39, 0.29) is 0 Å². The van der Waals surface area contributed by atoms with E-state index >= 15 is 0 Å². The summed E-state index contributed by atoms with van der Waals surface area (Å²) in [7, 11) is 1.68. The lowest BCUT2D eigenvalue weighted by atomic mass is 9.82. The van der Waals surface area contributed by atoms with Crippen molar-refractivity contribution in [2.45, 2.75) is 32.7 Å². The molecule has 1 aliphatic rings. The fraction of sp³-hybridized carbons (Fsp3) is 0.583. The average molecular weight is 206 g/mol. The second-order valence-corrected chi connectivity index (χ2v) is 4.44. The predicted molar refractivity (Wildman–Crippen MR) is 61.3 cm³/mol. The molecule has 1 heterocycles. The van der Waals surface area contributed by atoms with Crippen LogP contribution in [-0.2, 0) is 0 Å². The van der Waals surface area contributed by atoms with Gasteiger partial charge in [-0.1, -0.05) is 6.92 Å². The highest BCUT2D eigenvalue weighted by Crippen LogP contribution is 2.32. The van der Waals surface area contributed by atoms with Crippen molar-refractivity contribution in [3.63, 3.8) is 0 Å². The first-order valence-corrected chi connectivity index (χ1v) is 5.46. The van der Waals surface area contributed by atoms with Crippen LogP contribution in [-0.4, -0.2) is 18.1 Å². The third kappa shape index (κ3) is 2.22. The second-order valence-electron chi connectivity index (χ2n) is 4.44. The molecule has 0 aliphatic heterocycles. The second kappa shape index (κ2) is 4.09. The van der Waals surface area contributed by atoms with Crippen molar-refractivity contribution in [2.24, 2.45) is 5.92 Å². The number of anilines is 1. The molecular formula is C12H18N2O. The first kappa shape index (κ1) is 10.3. The first-order valence-electron chi connectivity index (χ1n) is 5.46. The third-order valence-corrected chi connectivity index (χ3v) is 2.96. The number of nitrogens with zero attached hydrogens (tertiary/aromatic N) is 1. The van der Waals surface area contributed by atoms with Gasteiger partial charge >= 0.3 is 0 Å². The summed E-state index contributed by atoms with van der Waals surface area (Å²) in [6.07, 6.45) is 4.29. The molecular weight excluding hydrogens is 188 g/mol. The fourth-order valence-corrected chi connectivity index (χ4v) is 2.06. The topological polar surface area (TPSA) is 34.1 Å². The van der Waals surface area contributed by atoms with Crippen molar-refractivity contribution >= 4 is 5.69 Å². The van der Waals surface area contributed by atoms with Crippen LogP contribution < -0.4 is 10.1 Å². The van der Waals surface area contributed by atoms with Gasteiger partial charge in [-0.05, 0) is 31.7 Å². The molecule has 82 valence electrons. The summed E-state index contributed by atoms with van der Waals surface area (Å²) in [5.74, 6) is 1.69. The highest BCUT2D eigenvalue weighted by atomic mass is 16.5. The first-order chi connectivity index (χ1) is 7.19. The Morgan fingerprint density at radius 3 is 2.80 bits per heavy atom. The molecule has 0 saturated heterocycles. The summed E-state index contributed by atoms with van der Waals surface area (Å²) < 4.78 is 5.27. The maximum atomic E-state index is 5.27. The number of ether oxygens (including phenoxy) is 1. The largest absolute Gasteiger partial charge is 0.493 e. The third-order valence-electron chi connectivity index (χ3n) is 2.96. The van der Waals surface area contributed by atoms with Gasteiger partial charge in [-0.3, -0.25) is 4.98 Å². The van der Waals surface area contributed by atoms with Crippen LogP contribution in [0.1, 0.15) is 25.5 Å². The molecule has 3 heteroatoms. The molecule has 1 N–H and O–H groups in total. The van der Waals surface area contributed by atoms with E-state index in [1.165, 1.54) is 12.8 Å². The minimum atomic E-state index is 0.607. The Hall–Kier alpha value is -1.25. The Kier molecular flexibility index (Phi) is 2.80. The normalized spacial score (nSPS) is 24.5. The standard InChI is InChI=1S/C12H18N2O/c1-8-4-10(5-8)14-11-6-9(2)13-7-12(11)15-3/h6-8,10H,4-5H2,1-3H3,(H,13,14). The van der Waals surface area contributed by atoms with Gasteiger partial charge in [0.2, 0.25) is 0 Å². The van der Waals surface area contributed by atoms with Gasteiger partial charge in [0.15, 0.2) is 5.75 Å². The molecule has 1 aromatic heterocycles. The molecule has 1 fully saturated rings. The number of aryl methyl sites for hydroxylation is 1. The summed E-state index contributed by atoms with van der Waals surface area (Å²) in [6.45, 7) is 4.28. The molecule has 1 saturated carbocycles. The number of rotatable bonds is 3. The van der Waals surface area contributed by atoms with Crippen molar-refractivity contribution in [3.8, 4) is 5.75 Å². The van der Waals surface area contributed by atoms with Crippen LogP contribution in [0, 0.1) is 12.8 Å². The number of pyridine rings is 1. The number of hydrogen-bond acceptors (Lipinski definition) is 3.